The van der Waals surface area contributed by atoms with Crippen LogP contribution in [0, 0.1) is 11.3 Å². The summed E-state index contributed by atoms with van der Waals surface area (Å²) in [6, 6.07) is 0. The molecule has 0 saturated carbocycles. The van der Waals surface area contributed by atoms with Gasteiger partial charge in [0.15, 0.2) is 5.82 Å². The lowest BCUT2D eigenvalue weighted by Crippen LogP contribution is -2.41. The number of piperidine rings is 1. The third-order valence-electron chi connectivity index (χ3n) is 5.96. The number of carbonyl (C=O) groups excluding carboxylic acids is 1. The lowest BCUT2D eigenvalue weighted by atomic mass is 9.77. The van der Waals surface area contributed by atoms with E-state index < -0.39 is 0 Å². The highest BCUT2D eigenvalue weighted by Gasteiger charge is 2.44. The van der Waals surface area contributed by atoms with Crippen molar-refractivity contribution in [1.29, 1.82) is 0 Å². The van der Waals surface area contributed by atoms with Crippen LogP contribution in [0.25, 0.3) is 0 Å². The first-order valence-corrected chi connectivity index (χ1v) is 9.97. The monoisotopic (exact) mass is 362 g/mol. The van der Waals surface area contributed by atoms with Gasteiger partial charge in [-0.1, -0.05) is 19.0 Å². The predicted octanol–water partition coefficient (Wildman–Crippen LogP) is 2.39. The number of rotatable bonds is 5. The van der Waals surface area contributed by atoms with Crippen LogP contribution >= 0.6 is 0 Å². The van der Waals surface area contributed by atoms with Crippen molar-refractivity contribution in [3.8, 4) is 0 Å². The normalized spacial score (nSPS) is 26.5. The zero-order chi connectivity index (χ0) is 18.1. The van der Waals surface area contributed by atoms with Crippen LogP contribution in [0.15, 0.2) is 4.52 Å². The SMILES string of the molecule is CC(C)CN1CC2(CCN(Cc3noc([C@H]4CCCO4)n3)CC2)CC1=O. The Morgan fingerprint density at radius 2 is 2.12 bits per heavy atom. The van der Waals surface area contributed by atoms with Gasteiger partial charge < -0.3 is 14.2 Å². The van der Waals surface area contributed by atoms with Gasteiger partial charge in [0.25, 0.3) is 5.89 Å². The van der Waals surface area contributed by atoms with E-state index in [9.17, 15) is 4.79 Å². The summed E-state index contributed by atoms with van der Waals surface area (Å²) in [5.41, 5.74) is 0.183. The quantitative estimate of drug-likeness (QED) is 0.801. The zero-order valence-corrected chi connectivity index (χ0v) is 15.9. The van der Waals surface area contributed by atoms with Crippen molar-refractivity contribution in [3.63, 3.8) is 0 Å². The highest BCUT2D eigenvalue weighted by molar-refractivity contribution is 5.79. The van der Waals surface area contributed by atoms with Gasteiger partial charge in [-0.25, -0.2) is 0 Å². The van der Waals surface area contributed by atoms with E-state index >= 15 is 0 Å². The minimum absolute atomic E-state index is 0.0164. The van der Waals surface area contributed by atoms with Gasteiger partial charge in [0.1, 0.15) is 6.10 Å². The Balaban J connectivity index is 1.29. The average Bonchev–Trinajstić information content (AvgIpc) is 3.31. The van der Waals surface area contributed by atoms with E-state index in [1.807, 2.05) is 0 Å². The highest BCUT2D eigenvalue weighted by atomic mass is 16.5. The van der Waals surface area contributed by atoms with E-state index in [4.69, 9.17) is 9.26 Å². The van der Waals surface area contributed by atoms with E-state index in [-0.39, 0.29) is 11.5 Å². The van der Waals surface area contributed by atoms with Crippen molar-refractivity contribution in [2.24, 2.45) is 11.3 Å². The van der Waals surface area contributed by atoms with Gasteiger partial charge in [0.05, 0.1) is 6.54 Å². The highest BCUT2D eigenvalue weighted by Crippen LogP contribution is 2.41. The standard InChI is InChI=1S/C19H30N4O3/c1-14(2)11-23-13-19(10-17(23)24)5-7-22(8-6-19)12-16-20-18(26-21-16)15-4-3-9-25-15/h14-15H,3-13H2,1-2H3/t15-/m1/s1. The molecule has 4 heterocycles. The molecule has 0 radical (unpaired) electrons. The van der Waals surface area contributed by atoms with Crippen molar-refractivity contribution in [3.05, 3.63) is 11.7 Å². The van der Waals surface area contributed by atoms with Crippen LogP contribution in [0.5, 0.6) is 0 Å². The van der Waals surface area contributed by atoms with Gasteiger partial charge in [0, 0.05) is 26.1 Å². The van der Waals surface area contributed by atoms with Crippen molar-refractivity contribution in [2.45, 2.75) is 58.6 Å². The fourth-order valence-electron chi connectivity index (χ4n) is 4.54. The molecule has 3 fully saturated rings. The number of carbonyl (C=O) groups is 1. The molecule has 1 spiro atoms. The van der Waals surface area contributed by atoms with Crippen molar-refractivity contribution in [1.82, 2.24) is 19.9 Å². The molecule has 7 heteroatoms. The van der Waals surface area contributed by atoms with Crippen LogP contribution < -0.4 is 0 Å². The Morgan fingerprint density at radius 3 is 2.81 bits per heavy atom. The molecule has 1 atom stereocenters. The molecule has 7 nitrogen and oxygen atoms in total. The summed E-state index contributed by atoms with van der Waals surface area (Å²) in [7, 11) is 0. The molecule has 3 saturated heterocycles. The maximum atomic E-state index is 12.4. The maximum absolute atomic E-state index is 12.4. The fraction of sp³-hybridized carbons (Fsp3) is 0.842. The topological polar surface area (TPSA) is 71.7 Å². The Morgan fingerprint density at radius 1 is 1.31 bits per heavy atom. The molecule has 0 aromatic carbocycles. The number of aromatic nitrogens is 2. The molecule has 0 unspecified atom stereocenters. The van der Waals surface area contributed by atoms with Gasteiger partial charge in [-0.15, -0.1) is 0 Å². The molecule has 1 aromatic heterocycles. The summed E-state index contributed by atoms with van der Waals surface area (Å²) in [5.74, 6) is 2.24. The molecule has 26 heavy (non-hydrogen) atoms. The van der Waals surface area contributed by atoms with Gasteiger partial charge in [-0.05, 0) is 50.1 Å². The van der Waals surface area contributed by atoms with E-state index in [0.29, 0.717) is 17.7 Å². The lowest BCUT2D eigenvalue weighted by Gasteiger charge is -2.38. The van der Waals surface area contributed by atoms with Gasteiger partial charge in [0.2, 0.25) is 5.91 Å². The first-order chi connectivity index (χ1) is 12.5. The zero-order valence-electron chi connectivity index (χ0n) is 15.9. The van der Waals surface area contributed by atoms with Crippen LogP contribution in [-0.4, -0.2) is 58.6 Å². The Labute approximate surface area is 155 Å². The number of hydrogen-bond acceptors (Lipinski definition) is 6. The number of nitrogens with zero attached hydrogens (tertiary/aromatic N) is 4. The fourth-order valence-corrected chi connectivity index (χ4v) is 4.54. The molecule has 144 valence electrons. The van der Waals surface area contributed by atoms with Crippen LogP contribution in [0.3, 0.4) is 0 Å². The second-order valence-corrected chi connectivity index (χ2v) is 8.67. The maximum Gasteiger partial charge on any atom is 0.255 e. The summed E-state index contributed by atoms with van der Waals surface area (Å²) in [4.78, 5) is 21.3. The largest absolute Gasteiger partial charge is 0.368 e. The molecule has 0 N–H and O–H groups in total. The summed E-state index contributed by atoms with van der Waals surface area (Å²) in [5, 5.41) is 4.13. The predicted molar refractivity (Wildman–Crippen MR) is 95.2 cm³/mol. The summed E-state index contributed by atoms with van der Waals surface area (Å²) < 4.78 is 11.0. The summed E-state index contributed by atoms with van der Waals surface area (Å²) in [6.45, 7) is 9.66. The number of ether oxygens (including phenoxy) is 1. The second-order valence-electron chi connectivity index (χ2n) is 8.67. The van der Waals surface area contributed by atoms with Crippen molar-refractivity contribution >= 4 is 5.91 Å². The van der Waals surface area contributed by atoms with E-state index in [0.717, 1.165) is 77.3 Å². The van der Waals surface area contributed by atoms with Crippen molar-refractivity contribution < 1.29 is 14.1 Å². The molecule has 0 aliphatic carbocycles. The minimum Gasteiger partial charge on any atom is -0.368 e. The molecule has 3 aliphatic rings. The van der Waals surface area contributed by atoms with Crippen LogP contribution in [-0.2, 0) is 16.1 Å². The Kier molecular flexibility index (Phi) is 5.01. The second kappa shape index (κ2) is 7.27. The number of hydrogen-bond donors (Lipinski definition) is 0. The molecule has 1 aromatic rings. The third-order valence-corrected chi connectivity index (χ3v) is 5.96. The Bertz CT molecular complexity index is 630. The van der Waals surface area contributed by atoms with Gasteiger partial charge in [-0.2, -0.15) is 4.98 Å². The summed E-state index contributed by atoms with van der Waals surface area (Å²) >= 11 is 0. The molecule has 0 bridgehead atoms. The van der Waals surface area contributed by atoms with E-state index in [1.165, 1.54) is 0 Å². The third kappa shape index (κ3) is 3.78. The van der Waals surface area contributed by atoms with Crippen molar-refractivity contribution in [2.75, 3.05) is 32.8 Å². The smallest absolute Gasteiger partial charge is 0.255 e. The molecule has 3 aliphatic heterocycles. The first-order valence-electron chi connectivity index (χ1n) is 9.97. The molecule has 1 amide bonds. The lowest BCUT2D eigenvalue weighted by molar-refractivity contribution is -0.128. The molecule has 4 rings (SSSR count). The number of likely N-dealkylation sites (tertiary alicyclic amines) is 2. The molecular weight excluding hydrogens is 332 g/mol. The minimum atomic E-state index is -0.0164. The summed E-state index contributed by atoms with van der Waals surface area (Å²) in [6.07, 6.45) is 4.88. The first kappa shape index (κ1) is 17.9. The van der Waals surface area contributed by atoms with Gasteiger partial charge in [-0.3, -0.25) is 9.69 Å². The number of amides is 1. The average molecular weight is 362 g/mol. The molecular formula is C19H30N4O3. The van der Waals surface area contributed by atoms with Crippen LogP contribution in [0.2, 0.25) is 0 Å². The van der Waals surface area contributed by atoms with E-state index in [1.54, 1.807) is 0 Å². The van der Waals surface area contributed by atoms with Crippen LogP contribution in [0.1, 0.15) is 63.8 Å². The van der Waals surface area contributed by atoms with Gasteiger partial charge >= 0.3 is 0 Å². The van der Waals surface area contributed by atoms with E-state index in [2.05, 4.69) is 33.8 Å². The van der Waals surface area contributed by atoms with Crippen LogP contribution in [0.4, 0.5) is 0 Å². The Hall–Kier alpha value is -1.47.